The van der Waals surface area contributed by atoms with Crippen LogP contribution in [0.3, 0.4) is 0 Å². The van der Waals surface area contributed by atoms with E-state index in [-0.39, 0.29) is 18.1 Å². The van der Waals surface area contributed by atoms with Crippen molar-refractivity contribution >= 4 is 39.1 Å². The van der Waals surface area contributed by atoms with Crippen LogP contribution in [0.4, 0.5) is 11.6 Å². The Morgan fingerprint density at radius 1 is 0.946 bits per heavy atom. The predicted octanol–water partition coefficient (Wildman–Crippen LogP) is 5.11. The van der Waals surface area contributed by atoms with E-state index in [2.05, 4.69) is 41.7 Å². The zero-order valence-corrected chi connectivity index (χ0v) is 21.6. The topological polar surface area (TPSA) is 91.2 Å². The molecule has 2 aromatic heterocycles. The first-order valence-electron chi connectivity index (χ1n) is 13.1. The third-order valence-electron chi connectivity index (χ3n) is 7.22. The van der Waals surface area contributed by atoms with E-state index in [0.717, 1.165) is 77.4 Å². The molecule has 7 nitrogen and oxygen atoms in total. The fraction of sp³-hybridized carbons (Fsp3) is 0.379. The molecule has 2 aromatic carbocycles. The summed E-state index contributed by atoms with van der Waals surface area (Å²) in [6.07, 6.45) is 6.18. The molecular weight excluding hydrogens is 482 g/mol. The number of nitrogens with one attached hydrogen (secondary N) is 1. The lowest BCUT2D eigenvalue weighted by atomic mass is 9.93. The maximum atomic E-state index is 12.2. The van der Waals surface area contributed by atoms with E-state index in [1.807, 2.05) is 23.1 Å². The summed E-state index contributed by atoms with van der Waals surface area (Å²) in [7, 11) is 0. The highest BCUT2D eigenvalue weighted by molar-refractivity contribution is 7.18. The lowest BCUT2D eigenvalue weighted by molar-refractivity contribution is -0.117. The van der Waals surface area contributed by atoms with Crippen molar-refractivity contribution in [3.05, 3.63) is 76.6 Å². The average Bonchev–Trinajstić information content (AvgIpc) is 3.50. The zero-order chi connectivity index (χ0) is 25.2. The summed E-state index contributed by atoms with van der Waals surface area (Å²) in [5.41, 5.74) is 5.04. The van der Waals surface area contributed by atoms with Crippen molar-refractivity contribution in [3.63, 3.8) is 0 Å². The van der Waals surface area contributed by atoms with Gasteiger partial charge >= 0.3 is 0 Å². The summed E-state index contributed by atoms with van der Waals surface area (Å²) >= 11 is 1.66. The van der Waals surface area contributed by atoms with Gasteiger partial charge in [0.1, 0.15) is 0 Å². The summed E-state index contributed by atoms with van der Waals surface area (Å²) in [5, 5.41) is 14.4. The maximum absolute atomic E-state index is 12.2. The molecule has 0 radical (unpaired) electrons. The monoisotopic (exact) mass is 513 g/mol. The van der Waals surface area contributed by atoms with Gasteiger partial charge in [-0.3, -0.25) is 4.79 Å². The molecule has 2 aliphatic rings. The van der Waals surface area contributed by atoms with Gasteiger partial charge in [-0.2, -0.15) is 0 Å². The zero-order valence-electron chi connectivity index (χ0n) is 20.8. The lowest BCUT2D eigenvalue weighted by Crippen LogP contribution is -2.29. The molecule has 6 rings (SSSR count). The van der Waals surface area contributed by atoms with Gasteiger partial charge in [0.05, 0.1) is 32.7 Å². The van der Waals surface area contributed by atoms with Gasteiger partial charge in [0.25, 0.3) is 0 Å². The number of amides is 1. The van der Waals surface area contributed by atoms with Crippen molar-refractivity contribution < 1.29 is 9.90 Å². The Hall–Kier alpha value is -3.36. The lowest BCUT2D eigenvalue weighted by Gasteiger charge is -2.26. The standard InChI is InChI=1S/C29H31N5O2S/c35-24-11-8-20(9-12-24)30-29-31-21(15-19-5-2-1-3-6-19)16-22(32-29)17-27-33-25-13-10-23(18-26(25)37-27)34-14-4-7-28(34)36/h1-3,5-6,10,13,16,18,20,24,35H,4,7-9,11-12,14-15,17H2,(H,30,31,32). The van der Waals surface area contributed by atoms with Crippen molar-refractivity contribution in [3.8, 4) is 0 Å². The number of benzene rings is 2. The van der Waals surface area contributed by atoms with E-state index < -0.39 is 0 Å². The smallest absolute Gasteiger partial charge is 0.227 e. The molecule has 1 aliphatic carbocycles. The largest absolute Gasteiger partial charge is 0.393 e. The van der Waals surface area contributed by atoms with Gasteiger partial charge in [-0.25, -0.2) is 15.0 Å². The first-order chi connectivity index (χ1) is 18.1. The highest BCUT2D eigenvalue weighted by Gasteiger charge is 2.23. The Morgan fingerprint density at radius 3 is 2.49 bits per heavy atom. The molecule has 3 heterocycles. The first kappa shape index (κ1) is 24.0. The summed E-state index contributed by atoms with van der Waals surface area (Å²) in [4.78, 5) is 28.7. The number of anilines is 2. The van der Waals surface area contributed by atoms with Crippen molar-refractivity contribution in [1.29, 1.82) is 0 Å². The molecule has 1 saturated carbocycles. The molecule has 190 valence electrons. The quantitative estimate of drug-likeness (QED) is 0.357. The normalized spacial score (nSPS) is 20.0. The van der Waals surface area contributed by atoms with Gasteiger partial charge in [-0.15, -0.1) is 11.3 Å². The second-order valence-corrected chi connectivity index (χ2v) is 11.2. The second kappa shape index (κ2) is 10.6. The van der Waals surface area contributed by atoms with Crippen LogP contribution in [-0.2, 0) is 17.6 Å². The van der Waals surface area contributed by atoms with E-state index in [1.165, 1.54) is 5.56 Å². The Labute approximate surface area is 220 Å². The van der Waals surface area contributed by atoms with Crippen LogP contribution in [0.1, 0.15) is 60.5 Å². The van der Waals surface area contributed by atoms with Crippen LogP contribution >= 0.6 is 11.3 Å². The number of hydrogen-bond donors (Lipinski definition) is 2. The SMILES string of the molecule is O=C1CCCN1c1ccc2nc(Cc3cc(Cc4ccccc4)nc(NC4CCC(O)CC4)n3)sc2c1. The number of aliphatic hydroxyl groups excluding tert-OH is 1. The van der Waals surface area contributed by atoms with Crippen LogP contribution in [0.5, 0.6) is 0 Å². The second-order valence-electron chi connectivity index (χ2n) is 10.1. The van der Waals surface area contributed by atoms with E-state index in [0.29, 0.717) is 18.8 Å². The van der Waals surface area contributed by atoms with E-state index >= 15 is 0 Å². The molecule has 37 heavy (non-hydrogen) atoms. The molecular formula is C29H31N5O2S. The number of aliphatic hydroxyl groups is 1. The molecule has 0 spiro atoms. The Kier molecular flexibility index (Phi) is 6.85. The molecule has 2 fully saturated rings. The van der Waals surface area contributed by atoms with Crippen LogP contribution in [0.2, 0.25) is 0 Å². The number of rotatable bonds is 7. The molecule has 1 saturated heterocycles. The molecule has 2 N–H and O–H groups in total. The fourth-order valence-corrected chi connectivity index (χ4v) is 6.30. The van der Waals surface area contributed by atoms with Gasteiger partial charge in [-0.1, -0.05) is 30.3 Å². The molecule has 4 aromatic rings. The molecule has 8 heteroatoms. The summed E-state index contributed by atoms with van der Waals surface area (Å²) in [6, 6.07) is 18.8. The third kappa shape index (κ3) is 5.65. The van der Waals surface area contributed by atoms with Crippen molar-refractivity contribution in [1.82, 2.24) is 15.0 Å². The van der Waals surface area contributed by atoms with Crippen LogP contribution in [-0.4, -0.2) is 44.7 Å². The fourth-order valence-electron chi connectivity index (χ4n) is 5.29. The van der Waals surface area contributed by atoms with Crippen LogP contribution in [0, 0.1) is 0 Å². The minimum atomic E-state index is -0.193. The van der Waals surface area contributed by atoms with Crippen molar-refractivity contribution in [2.24, 2.45) is 0 Å². The first-order valence-corrected chi connectivity index (χ1v) is 14.0. The maximum Gasteiger partial charge on any atom is 0.227 e. The number of fused-ring (bicyclic) bond motifs is 1. The summed E-state index contributed by atoms with van der Waals surface area (Å²) in [5.74, 6) is 0.851. The number of nitrogens with zero attached hydrogens (tertiary/aromatic N) is 4. The summed E-state index contributed by atoms with van der Waals surface area (Å²) in [6.45, 7) is 0.789. The molecule has 0 bridgehead atoms. The number of hydrogen-bond acceptors (Lipinski definition) is 7. The predicted molar refractivity (Wildman–Crippen MR) is 147 cm³/mol. The highest BCUT2D eigenvalue weighted by atomic mass is 32.1. The van der Waals surface area contributed by atoms with E-state index in [9.17, 15) is 9.90 Å². The number of carbonyl (C=O) groups is 1. The minimum absolute atomic E-state index is 0.193. The molecule has 0 atom stereocenters. The van der Waals surface area contributed by atoms with Gasteiger partial charge in [0.15, 0.2) is 0 Å². The molecule has 1 amide bonds. The van der Waals surface area contributed by atoms with Crippen LogP contribution in [0.25, 0.3) is 10.2 Å². The van der Waals surface area contributed by atoms with Gasteiger partial charge in [0.2, 0.25) is 11.9 Å². The molecule has 1 aliphatic heterocycles. The minimum Gasteiger partial charge on any atom is -0.393 e. The van der Waals surface area contributed by atoms with Gasteiger partial charge < -0.3 is 15.3 Å². The summed E-state index contributed by atoms with van der Waals surface area (Å²) < 4.78 is 1.09. The van der Waals surface area contributed by atoms with Gasteiger partial charge in [0, 0.05) is 37.5 Å². The average molecular weight is 514 g/mol. The molecule has 0 unspecified atom stereocenters. The van der Waals surface area contributed by atoms with E-state index in [1.54, 1.807) is 11.3 Å². The number of carbonyl (C=O) groups excluding carboxylic acids is 1. The van der Waals surface area contributed by atoms with Crippen molar-refractivity contribution in [2.75, 3.05) is 16.8 Å². The van der Waals surface area contributed by atoms with Gasteiger partial charge in [-0.05, 0) is 61.9 Å². The third-order valence-corrected chi connectivity index (χ3v) is 8.24. The Balaban J connectivity index is 1.26. The Morgan fingerprint density at radius 2 is 1.73 bits per heavy atom. The van der Waals surface area contributed by atoms with Crippen LogP contribution in [0.15, 0.2) is 54.6 Å². The Bertz CT molecular complexity index is 1400. The van der Waals surface area contributed by atoms with Crippen molar-refractivity contribution in [2.45, 2.75) is 63.5 Å². The van der Waals surface area contributed by atoms with Crippen LogP contribution < -0.4 is 10.2 Å². The number of aromatic nitrogens is 3. The highest BCUT2D eigenvalue weighted by Crippen LogP contribution is 2.30. The van der Waals surface area contributed by atoms with E-state index in [4.69, 9.17) is 15.0 Å². The number of thiazole rings is 1.